The smallest absolute Gasteiger partial charge is 0.469 e. The molecule has 134 valence electrons. The van der Waals surface area contributed by atoms with E-state index in [1.807, 2.05) is 0 Å². The molecule has 5 nitrogen and oxygen atoms in total. The van der Waals surface area contributed by atoms with Crippen LogP contribution in [0.5, 0.6) is 0 Å². The first-order valence-corrected chi connectivity index (χ1v) is 7.21. The first-order chi connectivity index (χ1) is 10.8. The predicted molar refractivity (Wildman–Crippen MR) is 85.5 cm³/mol. The molecule has 0 fully saturated rings. The zero-order chi connectivity index (χ0) is 18.7. The molecule has 1 aromatic carbocycles. The minimum atomic E-state index is -5.29. The fourth-order valence-electron chi connectivity index (χ4n) is 1.86. The van der Waals surface area contributed by atoms with E-state index < -0.39 is 30.1 Å². The zero-order valence-electron chi connectivity index (χ0n) is 15.2. The molecule has 0 heterocycles. The van der Waals surface area contributed by atoms with E-state index in [9.17, 15) is 22.5 Å². The number of rotatable bonds is 4. The molecule has 0 aliphatic rings. The van der Waals surface area contributed by atoms with Crippen molar-refractivity contribution >= 4 is 30.2 Å². The number of methoxy groups -OCH3 is 1. The van der Waals surface area contributed by atoms with Crippen molar-refractivity contribution in [2.75, 3.05) is 19.1 Å². The molecule has 25 heavy (non-hydrogen) atoms. The number of halogens is 3. The molecule has 1 rings (SSSR count). The summed E-state index contributed by atoms with van der Waals surface area (Å²) in [6.45, 7) is -0.342. The van der Waals surface area contributed by atoms with Crippen LogP contribution >= 0.6 is 0 Å². The summed E-state index contributed by atoms with van der Waals surface area (Å²) in [5.41, 5.74) is -1.60. The van der Waals surface area contributed by atoms with Crippen LogP contribution in [0.15, 0.2) is 18.2 Å². The first-order valence-electron chi connectivity index (χ1n) is 7.21. The van der Waals surface area contributed by atoms with Gasteiger partial charge in [0.25, 0.3) is 0 Å². The van der Waals surface area contributed by atoms with Crippen LogP contribution in [0.3, 0.4) is 0 Å². The van der Waals surface area contributed by atoms with E-state index in [-0.39, 0.29) is 69.1 Å². The summed E-state index contributed by atoms with van der Waals surface area (Å²) in [5.74, 6) is -0.673. The Bertz CT molecular complexity index is 632. The SMILES string of the molecule is COC(=O)Cc1cc(N(C)C(=O)OC(C)(C)C)cc([B-](F)(F)F)c1.[K+]. The molecule has 1 amide bonds. The minimum Gasteiger partial charge on any atom is -0.469 e. The Morgan fingerprint density at radius 1 is 1.16 bits per heavy atom. The van der Waals surface area contributed by atoms with Gasteiger partial charge in [0.2, 0.25) is 0 Å². The maximum atomic E-state index is 13.1. The average molecular weight is 385 g/mol. The standard InChI is InChI=1S/C15H20BF3NO4.K/c1-15(2,3)24-14(22)20(4)12-7-10(8-13(21)23-5)6-11(9-12)16(17,18)19;/h6-7,9H,8H2,1-5H3;/q-1;+1. The number of carbonyl (C=O) groups excluding carboxylic acids is 2. The molecule has 0 bridgehead atoms. The Labute approximate surface area is 187 Å². The van der Waals surface area contributed by atoms with Gasteiger partial charge in [0.15, 0.2) is 0 Å². The fourth-order valence-corrected chi connectivity index (χ4v) is 1.86. The van der Waals surface area contributed by atoms with Gasteiger partial charge in [0, 0.05) is 12.7 Å². The second-order valence-electron chi connectivity index (χ2n) is 6.30. The third-order valence-corrected chi connectivity index (χ3v) is 3.01. The molecule has 0 aliphatic carbocycles. The van der Waals surface area contributed by atoms with Crippen molar-refractivity contribution in [2.45, 2.75) is 32.8 Å². The van der Waals surface area contributed by atoms with Crippen LogP contribution in [-0.4, -0.2) is 38.8 Å². The number of ether oxygens (including phenoxy) is 2. The molecule has 10 heteroatoms. The summed E-state index contributed by atoms with van der Waals surface area (Å²) in [6.07, 6.45) is -1.12. The van der Waals surface area contributed by atoms with Crippen LogP contribution in [0, 0.1) is 0 Å². The van der Waals surface area contributed by atoms with Crippen LogP contribution in [0.1, 0.15) is 26.3 Å². The second kappa shape index (κ2) is 9.41. The quantitative estimate of drug-likeness (QED) is 0.534. The summed E-state index contributed by atoms with van der Waals surface area (Å²) >= 11 is 0. The van der Waals surface area contributed by atoms with E-state index in [4.69, 9.17) is 4.74 Å². The summed E-state index contributed by atoms with van der Waals surface area (Å²) in [7, 11) is 2.45. The van der Waals surface area contributed by atoms with Gasteiger partial charge in [-0.15, -0.1) is 5.46 Å². The van der Waals surface area contributed by atoms with E-state index in [2.05, 4.69) is 4.74 Å². The van der Waals surface area contributed by atoms with Gasteiger partial charge in [-0.3, -0.25) is 9.69 Å². The van der Waals surface area contributed by atoms with E-state index in [0.717, 1.165) is 24.1 Å². The van der Waals surface area contributed by atoms with Crippen molar-refractivity contribution in [3.63, 3.8) is 0 Å². The first kappa shape index (κ1) is 24.5. The molecule has 0 aliphatic heterocycles. The molecule has 0 radical (unpaired) electrons. The predicted octanol–water partition coefficient (Wildman–Crippen LogP) is -0.168. The van der Waals surface area contributed by atoms with E-state index in [1.165, 1.54) is 13.1 Å². The molecule has 0 saturated heterocycles. The van der Waals surface area contributed by atoms with Gasteiger partial charge in [-0.05, 0) is 32.4 Å². The number of benzene rings is 1. The average Bonchev–Trinajstić information content (AvgIpc) is 2.43. The third kappa shape index (κ3) is 8.12. The second-order valence-corrected chi connectivity index (χ2v) is 6.30. The topological polar surface area (TPSA) is 55.8 Å². The normalized spacial score (nSPS) is 11.4. The van der Waals surface area contributed by atoms with Gasteiger partial charge in [-0.2, -0.15) is 0 Å². The molecule has 0 atom stereocenters. The third-order valence-electron chi connectivity index (χ3n) is 3.01. The Hall–Kier alpha value is -0.549. The molecule has 0 N–H and O–H groups in total. The van der Waals surface area contributed by atoms with Gasteiger partial charge < -0.3 is 22.4 Å². The van der Waals surface area contributed by atoms with Crippen molar-refractivity contribution in [3.8, 4) is 0 Å². The van der Waals surface area contributed by atoms with Crippen LogP contribution < -0.4 is 61.7 Å². The number of carbonyl (C=O) groups is 2. The fraction of sp³-hybridized carbons (Fsp3) is 0.467. The molecule has 1 aromatic rings. The van der Waals surface area contributed by atoms with Gasteiger partial charge >= 0.3 is 70.4 Å². The molecular weight excluding hydrogens is 365 g/mol. The Morgan fingerprint density at radius 3 is 2.16 bits per heavy atom. The maximum Gasteiger partial charge on any atom is 1.00 e. The minimum absolute atomic E-state index is 0. The molecular formula is C15H20BF3KNO4. The molecule has 0 unspecified atom stereocenters. The summed E-state index contributed by atoms with van der Waals surface area (Å²) in [5, 5.41) is 0. The van der Waals surface area contributed by atoms with Crippen LogP contribution in [0.25, 0.3) is 0 Å². The summed E-state index contributed by atoms with van der Waals surface area (Å²) in [6, 6.07) is 3.06. The van der Waals surface area contributed by atoms with Crippen molar-refractivity contribution in [3.05, 3.63) is 23.8 Å². The molecule has 0 saturated carbocycles. The van der Waals surface area contributed by atoms with Crippen molar-refractivity contribution in [1.29, 1.82) is 0 Å². The van der Waals surface area contributed by atoms with Gasteiger partial charge in [0.1, 0.15) is 5.60 Å². The van der Waals surface area contributed by atoms with Crippen molar-refractivity contribution in [1.82, 2.24) is 0 Å². The largest absolute Gasteiger partial charge is 1.00 e. The van der Waals surface area contributed by atoms with Crippen LogP contribution in [-0.2, 0) is 20.7 Å². The van der Waals surface area contributed by atoms with Gasteiger partial charge in [-0.1, -0.05) is 12.1 Å². The number of amides is 1. The van der Waals surface area contributed by atoms with Crippen LogP contribution in [0.2, 0.25) is 0 Å². The van der Waals surface area contributed by atoms with Gasteiger partial charge in [-0.25, -0.2) is 4.79 Å². The number of esters is 1. The van der Waals surface area contributed by atoms with Crippen molar-refractivity contribution in [2.24, 2.45) is 0 Å². The van der Waals surface area contributed by atoms with Crippen molar-refractivity contribution < 1.29 is 83.4 Å². The zero-order valence-corrected chi connectivity index (χ0v) is 18.4. The number of nitrogens with zero attached hydrogens (tertiary/aromatic N) is 1. The molecule has 0 spiro atoms. The maximum absolute atomic E-state index is 13.1. The summed E-state index contributed by atoms with van der Waals surface area (Å²) < 4.78 is 49.0. The molecule has 0 aromatic heterocycles. The Morgan fingerprint density at radius 2 is 1.72 bits per heavy atom. The van der Waals surface area contributed by atoms with E-state index in [1.54, 1.807) is 20.8 Å². The Kier molecular flexibility index (Phi) is 9.20. The number of anilines is 1. The Balaban J connectivity index is 0.00000576. The monoisotopic (exact) mass is 385 g/mol. The summed E-state index contributed by atoms with van der Waals surface area (Å²) in [4.78, 5) is 24.4. The van der Waals surface area contributed by atoms with E-state index in [0.29, 0.717) is 0 Å². The van der Waals surface area contributed by atoms with Crippen LogP contribution in [0.4, 0.5) is 23.4 Å². The van der Waals surface area contributed by atoms with E-state index >= 15 is 0 Å². The number of hydrogen-bond donors (Lipinski definition) is 0. The number of hydrogen-bond acceptors (Lipinski definition) is 4. The van der Waals surface area contributed by atoms with Gasteiger partial charge in [0.05, 0.1) is 13.5 Å².